The Kier molecular flexibility index (Phi) is 10.3. The van der Waals surface area contributed by atoms with Gasteiger partial charge < -0.3 is 15.3 Å². The molecule has 0 unspecified atom stereocenters. The lowest BCUT2D eigenvalue weighted by atomic mass is 10.1. The Hall–Kier alpha value is -0.420. The van der Waals surface area contributed by atoms with Crippen LogP contribution in [-0.2, 0) is 0 Å². The summed E-state index contributed by atoms with van der Waals surface area (Å²) in [6.45, 7) is 0.156. The normalized spacial score (nSPS) is 9.71. The second-order valence-corrected chi connectivity index (χ2v) is 3.71. The van der Waals surface area contributed by atoms with Crippen LogP contribution in [0.15, 0.2) is 22.9 Å². The van der Waals surface area contributed by atoms with E-state index in [1.54, 1.807) is 11.3 Å². The van der Waals surface area contributed by atoms with Crippen molar-refractivity contribution in [3.63, 3.8) is 0 Å². The zero-order chi connectivity index (χ0) is 10.6. The van der Waals surface area contributed by atoms with E-state index in [1.165, 1.54) is 0 Å². The van der Waals surface area contributed by atoms with Gasteiger partial charge in [0.15, 0.2) is 0 Å². The van der Waals surface area contributed by atoms with Crippen molar-refractivity contribution in [2.45, 2.75) is 12.8 Å². The summed E-state index contributed by atoms with van der Waals surface area (Å²) in [5.41, 5.74) is 0. The molecule has 0 aliphatic heterocycles. The number of rotatable bonds is 5. The SMILES string of the molecule is OCCCC(CO)CO.c1ccsc1. The molecule has 0 bridgehead atoms. The molecule has 82 valence electrons. The predicted octanol–water partition coefficient (Wildman–Crippen LogP) is 1.11. The number of thiophene rings is 1. The first-order valence-electron chi connectivity index (χ1n) is 4.64. The highest BCUT2D eigenvalue weighted by molar-refractivity contribution is 7.07. The largest absolute Gasteiger partial charge is 0.396 e. The highest BCUT2D eigenvalue weighted by Crippen LogP contribution is 2.02. The van der Waals surface area contributed by atoms with E-state index in [2.05, 4.69) is 0 Å². The topological polar surface area (TPSA) is 60.7 Å². The molecule has 0 atom stereocenters. The van der Waals surface area contributed by atoms with Crippen molar-refractivity contribution >= 4 is 11.3 Å². The van der Waals surface area contributed by atoms with Gasteiger partial charge in [-0.3, -0.25) is 0 Å². The van der Waals surface area contributed by atoms with Crippen molar-refractivity contribution in [2.75, 3.05) is 19.8 Å². The fraction of sp³-hybridized carbons (Fsp3) is 0.600. The average molecular weight is 218 g/mol. The van der Waals surface area contributed by atoms with Gasteiger partial charge in [0.05, 0.1) is 0 Å². The van der Waals surface area contributed by atoms with Gasteiger partial charge in [-0.25, -0.2) is 0 Å². The maximum absolute atomic E-state index is 8.51. The highest BCUT2D eigenvalue weighted by atomic mass is 32.1. The summed E-state index contributed by atoms with van der Waals surface area (Å²) in [4.78, 5) is 0. The summed E-state index contributed by atoms with van der Waals surface area (Å²) in [7, 11) is 0. The van der Waals surface area contributed by atoms with Crippen LogP contribution < -0.4 is 0 Å². The van der Waals surface area contributed by atoms with Crippen LogP contribution in [0, 0.1) is 5.92 Å². The molecule has 0 aliphatic carbocycles. The molecule has 3 N–H and O–H groups in total. The second kappa shape index (κ2) is 10.7. The van der Waals surface area contributed by atoms with Crippen molar-refractivity contribution in [3.8, 4) is 0 Å². The van der Waals surface area contributed by atoms with Gasteiger partial charge in [-0.2, -0.15) is 11.3 Å². The van der Waals surface area contributed by atoms with E-state index in [0.717, 1.165) is 0 Å². The molecule has 0 saturated heterocycles. The standard InChI is InChI=1S/C6H14O3.C4H4S/c7-3-1-2-6(4-8)5-9;1-2-4-5-3-1/h6-9H,1-5H2;1-4H. The number of hydrogen-bond acceptors (Lipinski definition) is 4. The molecular formula is C10H18O3S. The number of aliphatic hydroxyl groups is 3. The summed E-state index contributed by atoms with van der Waals surface area (Å²) >= 11 is 1.71. The molecule has 1 heterocycles. The lowest BCUT2D eigenvalue weighted by molar-refractivity contribution is 0.136. The average Bonchev–Trinajstić information content (AvgIpc) is 2.78. The lowest BCUT2D eigenvalue weighted by Crippen LogP contribution is -2.11. The van der Waals surface area contributed by atoms with Gasteiger partial charge >= 0.3 is 0 Å². The van der Waals surface area contributed by atoms with E-state index in [-0.39, 0.29) is 25.7 Å². The molecule has 0 fully saturated rings. The smallest absolute Gasteiger partial charge is 0.0481 e. The summed E-state index contributed by atoms with van der Waals surface area (Å²) in [6.07, 6.45) is 1.36. The Morgan fingerprint density at radius 3 is 1.86 bits per heavy atom. The van der Waals surface area contributed by atoms with E-state index in [0.29, 0.717) is 12.8 Å². The van der Waals surface area contributed by atoms with Crippen LogP contribution >= 0.6 is 11.3 Å². The van der Waals surface area contributed by atoms with Crippen LogP contribution in [0.5, 0.6) is 0 Å². The maximum Gasteiger partial charge on any atom is 0.0481 e. The van der Waals surface area contributed by atoms with Gasteiger partial charge in [-0.15, -0.1) is 0 Å². The molecular weight excluding hydrogens is 200 g/mol. The van der Waals surface area contributed by atoms with E-state index in [9.17, 15) is 0 Å². The van der Waals surface area contributed by atoms with Crippen molar-refractivity contribution in [3.05, 3.63) is 22.9 Å². The minimum absolute atomic E-state index is 0.0104. The van der Waals surface area contributed by atoms with Gasteiger partial charge in [0.25, 0.3) is 0 Å². The summed E-state index contributed by atoms with van der Waals surface area (Å²) < 4.78 is 0. The third-order valence-electron chi connectivity index (χ3n) is 1.71. The Morgan fingerprint density at radius 1 is 1.00 bits per heavy atom. The molecule has 0 saturated carbocycles. The molecule has 14 heavy (non-hydrogen) atoms. The lowest BCUT2D eigenvalue weighted by Gasteiger charge is -2.07. The Morgan fingerprint density at radius 2 is 1.57 bits per heavy atom. The molecule has 1 aromatic rings. The summed E-state index contributed by atoms with van der Waals surface area (Å²) in [6, 6.07) is 4.04. The summed E-state index contributed by atoms with van der Waals surface area (Å²) in [5.74, 6) is -0.0443. The van der Waals surface area contributed by atoms with E-state index >= 15 is 0 Å². The fourth-order valence-electron chi connectivity index (χ4n) is 0.847. The van der Waals surface area contributed by atoms with E-state index < -0.39 is 0 Å². The first-order valence-corrected chi connectivity index (χ1v) is 5.59. The first-order chi connectivity index (χ1) is 6.85. The zero-order valence-electron chi connectivity index (χ0n) is 8.17. The first kappa shape index (κ1) is 13.6. The van der Waals surface area contributed by atoms with Gasteiger partial charge in [0, 0.05) is 25.7 Å². The molecule has 1 aromatic heterocycles. The maximum atomic E-state index is 8.51. The zero-order valence-corrected chi connectivity index (χ0v) is 8.99. The van der Waals surface area contributed by atoms with Crippen molar-refractivity contribution in [1.82, 2.24) is 0 Å². The molecule has 0 aliphatic rings. The van der Waals surface area contributed by atoms with Crippen LogP contribution in [0.3, 0.4) is 0 Å². The van der Waals surface area contributed by atoms with E-state index in [1.807, 2.05) is 22.9 Å². The molecule has 0 radical (unpaired) electrons. The van der Waals surface area contributed by atoms with Crippen molar-refractivity contribution in [1.29, 1.82) is 0 Å². The quantitative estimate of drug-likeness (QED) is 0.694. The van der Waals surface area contributed by atoms with Crippen LogP contribution in [0.2, 0.25) is 0 Å². The molecule has 1 rings (SSSR count). The number of aliphatic hydroxyl groups excluding tert-OH is 3. The molecule has 4 heteroatoms. The van der Waals surface area contributed by atoms with Crippen molar-refractivity contribution < 1.29 is 15.3 Å². The van der Waals surface area contributed by atoms with Gasteiger partial charge in [0.2, 0.25) is 0 Å². The Labute approximate surface area is 88.6 Å². The fourth-order valence-corrected chi connectivity index (χ4v) is 1.30. The number of hydrogen-bond donors (Lipinski definition) is 3. The van der Waals surface area contributed by atoms with Gasteiger partial charge in [0.1, 0.15) is 0 Å². The van der Waals surface area contributed by atoms with Crippen LogP contribution in [-0.4, -0.2) is 35.1 Å². The molecule has 0 aromatic carbocycles. The Bertz CT molecular complexity index is 156. The van der Waals surface area contributed by atoms with Crippen LogP contribution in [0.25, 0.3) is 0 Å². The molecule has 0 spiro atoms. The minimum atomic E-state index is -0.0443. The van der Waals surface area contributed by atoms with E-state index in [4.69, 9.17) is 15.3 Å². The van der Waals surface area contributed by atoms with Crippen LogP contribution in [0.1, 0.15) is 12.8 Å². The predicted molar refractivity (Wildman–Crippen MR) is 58.3 cm³/mol. The van der Waals surface area contributed by atoms with Crippen LogP contribution in [0.4, 0.5) is 0 Å². The third-order valence-corrected chi connectivity index (χ3v) is 2.34. The molecule has 0 amide bonds. The monoisotopic (exact) mass is 218 g/mol. The Balaban J connectivity index is 0.000000280. The highest BCUT2D eigenvalue weighted by Gasteiger charge is 2.03. The van der Waals surface area contributed by atoms with Gasteiger partial charge in [-0.1, -0.05) is 12.1 Å². The summed E-state index contributed by atoms with van der Waals surface area (Å²) in [5, 5.41) is 29.4. The second-order valence-electron chi connectivity index (χ2n) is 2.89. The van der Waals surface area contributed by atoms with Gasteiger partial charge in [-0.05, 0) is 23.6 Å². The van der Waals surface area contributed by atoms with Crippen molar-refractivity contribution in [2.24, 2.45) is 5.92 Å². The minimum Gasteiger partial charge on any atom is -0.396 e. The molecule has 3 nitrogen and oxygen atoms in total. The third kappa shape index (κ3) is 8.19.